The highest BCUT2D eigenvalue weighted by Crippen LogP contribution is 2.33. The molecule has 2 aromatic rings. The van der Waals surface area contributed by atoms with Gasteiger partial charge in [0.15, 0.2) is 0 Å². The number of thioether (sulfide) groups is 1. The molecule has 0 atom stereocenters. The van der Waals surface area contributed by atoms with Gasteiger partial charge < -0.3 is 5.32 Å². The molecule has 0 aromatic heterocycles. The second-order valence-electron chi connectivity index (χ2n) is 5.64. The molecule has 142 valence electrons. The van der Waals surface area contributed by atoms with E-state index in [4.69, 9.17) is 11.6 Å². The SMILES string of the molecule is O=C(CN1C(=O)S/C(=C\c2ccccc2Cl)C1=O)Nc1cccc([N+](=O)[O-])c1. The Hall–Kier alpha value is -3.17. The van der Waals surface area contributed by atoms with Crippen molar-refractivity contribution in [3.63, 3.8) is 0 Å². The molecule has 28 heavy (non-hydrogen) atoms. The fraction of sp³-hybridized carbons (Fsp3) is 0.0556. The number of amides is 3. The zero-order valence-corrected chi connectivity index (χ0v) is 15.7. The van der Waals surface area contributed by atoms with E-state index in [0.29, 0.717) is 22.3 Å². The maximum atomic E-state index is 12.5. The Kier molecular flexibility index (Phi) is 5.76. The Morgan fingerprint density at radius 2 is 1.96 bits per heavy atom. The quantitative estimate of drug-likeness (QED) is 0.448. The Bertz CT molecular complexity index is 1020. The van der Waals surface area contributed by atoms with Gasteiger partial charge in [0, 0.05) is 22.8 Å². The van der Waals surface area contributed by atoms with E-state index in [9.17, 15) is 24.5 Å². The summed E-state index contributed by atoms with van der Waals surface area (Å²) in [5.74, 6) is -1.26. The van der Waals surface area contributed by atoms with E-state index in [1.165, 1.54) is 30.3 Å². The minimum atomic E-state index is -0.651. The topological polar surface area (TPSA) is 110 Å². The number of rotatable bonds is 5. The van der Waals surface area contributed by atoms with Gasteiger partial charge in [-0.25, -0.2) is 0 Å². The Morgan fingerprint density at radius 1 is 1.21 bits per heavy atom. The lowest BCUT2D eigenvalue weighted by Gasteiger charge is -2.12. The van der Waals surface area contributed by atoms with Crippen LogP contribution in [-0.2, 0) is 9.59 Å². The molecule has 0 aliphatic carbocycles. The summed E-state index contributed by atoms with van der Waals surface area (Å²) in [5, 5.41) is 13.1. The van der Waals surface area contributed by atoms with Crippen molar-refractivity contribution in [1.82, 2.24) is 4.90 Å². The number of anilines is 1. The molecule has 0 saturated carbocycles. The van der Waals surface area contributed by atoms with Crippen molar-refractivity contribution in [2.45, 2.75) is 0 Å². The summed E-state index contributed by atoms with van der Waals surface area (Å²) in [7, 11) is 0. The molecule has 3 rings (SSSR count). The number of halogens is 1. The van der Waals surface area contributed by atoms with Crippen LogP contribution in [0.25, 0.3) is 6.08 Å². The highest BCUT2D eigenvalue weighted by molar-refractivity contribution is 8.18. The van der Waals surface area contributed by atoms with Gasteiger partial charge >= 0.3 is 0 Å². The number of hydrogen-bond donors (Lipinski definition) is 1. The number of nitro benzene ring substituents is 1. The van der Waals surface area contributed by atoms with E-state index in [2.05, 4.69) is 5.32 Å². The Labute approximate surface area is 168 Å². The first-order valence-corrected chi connectivity index (χ1v) is 9.09. The number of hydrogen-bond acceptors (Lipinski definition) is 6. The smallest absolute Gasteiger partial charge is 0.294 e. The molecule has 0 bridgehead atoms. The van der Waals surface area contributed by atoms with Crippen LogP contribution in [0.3, 0.4) is 0 Å². The molecule has 1 saturated heterocycles. The molecule has 1 aliphatic rings. The van der Waals surface area contributed by atoms with Crippen molar-refractivity contribution in [3.05, 3.63) is 74.1 Å². The van der Waals surface area contributed by atoms with Gasteiger partial charge in [-0.1, -0.05) is 35.9 Å². The number of benzene rings is 2. The van der Waals surface area contributed by atoms with Gasteiger partial charge in [-0.2, -0.15) is 0 Å². The van der Waals surface area contributed by atoms with Crippen LogP contribution in [-0.4, -0.2) is 33.4 Å². The number of carbonyl (C=O) groups is 3. The third kappa shape index (κ3) is 4.38. The van der Waals surface area contributed by atoms with Gasteiger partial charge in [-0.3, -0.25) is 29.4 Å². The second-order valence-corrected chi connectivity index (χ2v) is 7.05. The van der Waals surface area contributed by atoms with E-state index in [1.54, 1.807) is 24.3 Å². The van der Waals surface area contributed by atoms with Crippen molar-refractivity contribution >= 4 is 57.9 Å². The van der Waals surface area contributed by atoms with Crippen LogP contribution in [0.2, 0.25) is 5.02 Å². The van der Waals surface area contributed by atoms with Crippen LogP contribution in [0.4, 0.5) is 16.2 Å². The summed E-state index contributed by atoms with van der Waals surface area (Å²) < 4.78 is 0. The van der Waals surface area contributed by atoms with E-state index in [-0.39, 0.29) is 16.3 Å². The molecule has 1 N–H and O–H groups in total. The average Bonchev–Trinajstić information content (AvgIpc) is 2.91. The zero-order valence-electron chi connectivity index (χ0n) is 14.1. The molecule has 1 aliphatic heterocycles. The summed E-state index contributed by atoms with van der Waals surface area (Å²) in [4.78, 5) is 47.9. The molecule has 3 amide bonds. The third-order valence-corrected chi connectivity index (χ3v) is 4.96. The van der Waals surface area contributed by atoms with Crippen LogP contribution in [0.1, 0.15) is 5.56 Å². The van der Waals surface area contributed by atoms with Gasteiger partial charge in [-0.15, -0.1) is 0 Å². The molecule has 1 fully saturated rings. The van der Waals surface area contributed by atoms with Crippen LogP contribution >= 0.6 is 23.4 Å². The van der Waals surface area contributed by atoms with Crippen LogP contribution in [0, 0.1) is 10.1 Å². The number of nitrogens with zero attached hydrogens (tertiary/aromatic N) is 2. The molecule has 10 heteroatoms. The number of nitro groups is 1. The normalized spacial score (nSPS) is 15.2. The highest BCUT2D eigenvalue weighted by Gasteiger charge is 2.36. The predicted molar refractivity (Wildman–Crippen MR) is 106 cm³/mol. The first-order chi connectivity index (χ1) is 13.3. The summed E-state index contributed by atoms with van der Waals surface area (Å²) in [6, 6.07) is 12.2. The standard InChI is InChI=1S/C18H12ClN3O5S/c19-14-7-2-1-4-11(14)8-15-17(24)21(18(25)28-15)10-16(23)20-12-5-3-6-13(9-12)22(26)27/h1-9H,10H2,(H,20,23)/b15-8-. The van der Waals surface area contributed by atoms with Gasteiger partial charge in [0.25, 0.3) is 16.8 Å². The van der Waals surface area contributed by atoms with E-state index in [0.717, 1.165) is 4.90 Å². The zero-order chi connectivity index (χ0) is 20.3. The van der Waals surface area contributed by atoms with Crippen molar-refractivity contribution in [2.24, 2.45) is 0 Å². The van der Waals surface area contributed by atoms with Gasteiger partial charge in [-0.05, 0) is 35.5 Å². The molecule has 2 aromatic carbocycles. The summed E-state index contributed by atoms with van der Waals surface area (Å²) in [6.07, 6.45) is 1.49. The minimum absolute atomic E-state index is 0.154. The number of carbonyl (C=O) groups excluding carboxylic acids is 3. The molecule has 0 spiro atoms. The maximum absolute atomic E-state index is 12.5. The van der Waals surface area contributed by atoms with Gasteiger partial charge in [0.05, 0.1) is 9.83 Å². The summed E-state index contributed by atoms with van der Waals surface area (Å²) >= 11 is 6.77. The predicted octanol–water partition coefficient (Wildman–Crippen LogP) is 3.92. The lowest BCUT2D eigenvalue weighted by molar-refractivity contribution is -0.384. The lowest BCUT2D eigenvalue weighted by Crippen LogP contribution is -2.36. The number of non-ortho nitro benzene ring substituents is 1. The molecular formula is C18H12ClN3O5S. The first kappa shape index (κ1) is 19.6. The third-order valence-electron chi connectivity index (χ3n) is 3.71. The number of nitrogens with one attached hydrogen (secondary N) is 1. The summed E-state index contributed by atoms with van der Waals surface area (Å²) in [5.41, 5.74) is 0.583. The van der Waals surface area contributed by atoms with Crippen LogP contribution < -0.4 is 5.32 Å². The van der Waals surface area contributed by atoms with Gasteiger partial charge in [0.2, 0.25) is 5.91 Å². The van der Waals surface area contributed by atoms with E-state index in [1.807, 2.05) is 0 Å². The van der Waals surface area contributed by atoms with Crippen molar-refractivity contribution in [3.8, 4) is 0 Å². The Balaban J connectivity index is 1.71. The van der Waals surface area contributed by atoms with Crippen molar-refractivity contribution < 1.29 is 19.3 Å². The van der Waals surface area contributed by atoms with Crippen molar-refractivity contribution in [1.29, 1.82) is 0 Å². The fourth-order valence-electron chi connectivity index (χ4n) is 2.41. The monoisotopic (exact) mass is 417 g/mol. The average molecular weight is 418 g/mol. The van der Waals surface area contributed by atoms with Crippen LogP contribution in [0.5, 0.6) is 0 Å². The molecule has 1 heterocycles. The van der Waals surface area contributed by atoms with E-state index < -0.39 is 28.5 Å². The van der Waals surface area contributed by atoms with Gasteiger partial charge in [0.1, 0.15) is 6.54 Å². The highest BCUT2D eigenvalue weighted by atomic mass is 35.5. The molecule has 0 radical (unpaired) electrons. The van der Waals surface area contributed by atoms with Crippen molar-refractivity contribution in [2.75, 3.05) is 11.9 Å². The molecule has 0 unspecified atom stereocenters. The second kappa shape index (κ2) is 8.24. The lowest BCUT2D eigenvalue weighted by atomic mass is 10.2. The minimum Gasteiger partial charge on any atom is -0.324 e. The largest absolute Gasteiger partial charge is 0.324 e. The maximum Gasteiger partial charge on any atom is 0.294 e. The molecular weight excluding hydrogens is 406 g/mol. The fourth-order valence-corrected chi connectivity index (χ4v) is 3.43. The summed E-state index contributed by atoms with van der Waals surface area (Å²) in [6.45, 7) is -0.507. The van der Waals surface area contributed by atoms with E-state index >= 15 is 0 Å². The Morgan fingerprint density at radius 3 is 2.68 bits per heavy atom. The molecule has 8 nitrogen and oxygen atoms in total. The van der Waals surface area contributed by atoms with Crippen LogP contribution in [0.15, 0.2) is 53.4 Å². The number of imide groups is 1. The first-order valence-electron chi connectivity index (χ1n) is 7.89.